The fourth-order valence-corrected chi connectivity index (χ4v) is 2.34. The van der Waals surface area contributed by atoms with E-state index in [4.69, 9.17) is 4.42 Å². The Hall–Kier alpha value is -2.95. The number of hydrogen-bond donors (Lipinski definition) is 0. The Bertz CT molecular complexity index is 822. The molecule has 0 bridgehead atoms. The highest BCUT2D eigenvalue weighted by Crippen LogP contribution is 2.29. The average molecular weight is 308 g/mol. The summed E-state index contributed by atoms with van der Waals surface area (Å²) in [6.07, 6.45) is 1.62. The van der Waals surface area contributed by atoms with Crippen molar-refractivity contribution in [2.45, 2.75) is 19.8 Å². The number of rotatable bonds is 4. The van der Waals surface area contributed by atoms with Gasteiger partial charge in [-0.05, 0) is 47.9 Å². The smallest absolute Gasteiger partial charge is 0.269 e. The highest BCUT2D eigenvalue weighted by atomic mass is 16.6. The van der Waals surface area contributed by atoms with Gasteiger partial charge in [0.25, 0.3) is 5.69 Å². The van der Waals surface area contributed by atoms with Gasteiger partial charge in [0.1, 0.15) is 5.69 Å². The van der Waals surface area contributed by atoms with Crippen molar-refractivity contribution < 1.29 is 9.34 Å². The minimum absolute atomic E-state index is 0.0695. The molecule has 3 aromatic rings. The molecule has 0 N–H and O–H groups in total. The molecular formula is C18H16N2O3. The highest BCUT2D eigenvalue weighted by molar-refractivity contribution is 5.66. The van der Waals surface area contributed by atoms with Gasteiger partial charge in [-0.2, -0.15) is 0 Å². The van der Waals surface area contributed by atoms with Crippen molar-refractivity contribution in [2.75, 3.05) is 0 Å². The van der Waals surface area contributed by atoms with Gasteiger partial charge in [-0.25, -0.2) is 4.98 Å². The van der Waals surface area contributed by atoms with E-state index in [1.807, 2.05) is 24.3 Å². The Morgan fingerprint density at radius 1 is 1.09 bits per heavy atom. The number of pyridine rings is 1. The number of benzene rings is 1. The first-order chi connectivity index (χ1) is 11.0. The van der Waals surface area contributed by atoms with E-state index in [9.17, 15) is 10.1 Å². The normalized spacial score (nSPS) is 10.9. The van der Waals surface area contributed by atoms with E-state index in [2.05, 4.69) is 18.8 Å². The van der Waals surface area contributed by atoms with E-state index in [1.54, 1.807) is 18.4 Å². The maximum Gasteiger partial charge on any atom is 0.269 e. The van der Waals surface area contributed by atoms with Gasteiger partial charge in [-0.1, -0.05) is 13.8 Å². The quantitative estimate of drug-likeness (QED) is 0.500. The van der Waals surface area contributed by atoms with Crippen LogP contribution in [0.25, 0.3) is 22.7 Å². The number of nitro groups is 1. The van der Waals surface area contributed by atoms with Crippen LogP contribution in [0.2, 0.25) is 0 Å². The molecular weight excluding hydrogens is 292 g/mol. The lowest BCUT2D eigenvalue weighted by molar-refractivity contribution is -0.384. The lowest BCUT2D eigenvalue weighted by atomic mass is 9.99. The summed E-state index contributed by atoms with van der Waals surface area (Å²) in [5.74, 6) is 1.04. The van der Waals surface area contributed by atoms with Crippen LogP contribution >= 0.6 is 0 Å². The molecule has 0 amide bonds. The molecule has 0 atom stereocenters. The molecule has 5 heteroatoms. The van der Waals surface area contributed by atoms with Crippen molar-refractivity contribution in [3.8, 4) is 22.7 Å². The number of nitro benzene ring substituents is 1. The molecule has 2 heterocycles. The van der Waals surface area contributed by atoms with E-state index in [-0.39, 0.29) is 5.69 Å². The lowest BCUT2D eigenvalue weighted by Crippen LogP contribution is -1.95. The van der Waals surface area contributed by atoms with Crippen molar-refractivity contribution in [1.82, 2.24) is 4.98 Å². The monoisotopic (exact) mass is 308 g/mol. The fraction of sp³-hybridized carbons (Fsp3) is 0.167. The minimum atomic E-state index is -0.407. The first kappa shape index (κ1) is 15.0. The van der Waals surface area contributed by atoms with Gasteiger partial charge in [-0.15, -0.1) is 0 Å². The van der Waals surface area contributed by atoms with Crippen LogP contribution in [-0.2, 0) is 0 Å². The Kier molecular flexibility index (Phi) is 3.93. The molecule has 0 aliphatic rings. The molecule has 23 heavy (non-hydrogen) atoms. The Morgan fingerprint density at radius 2 is 1.78 bits per heavy atom. The first-order valence-corrected chi connectivity index (χ1v) is 7.35. The lowest BCUT2D eigenvalue weighted by Gasteiger charge is -2.10. The van der Waals surface area contributed by atoms with Crippen molar-refractivity contribution in [2.24, 2.45) is 0 Å². The Labute approximate surface area is 133 Å². The third kappa shape index (κ3) is 3.13. The van der Waals surface area contributed by atoms with Gasteiger partial charge in [0.05, 0.1) is 16.9 Å². The van der Waals surface area contributed by atoms with Crippen LogP contribution in [0.15, 0.2) is 59.2 Å². The predicted molar refractivity (Wildman–Crippen MR) is 88.1 cm³/mol. The molecule has 5 nitrogen and oxygen atoms in total. The fourth-order valence-electron chi connectivity index (χ4n) is 2.34. The SMILES string of the molecule is CC(C)c1cc(-c2ccc([N+](=O)[O-])cc2)nc(-c2ccco2)c1. The van der Waals surface area contributed by atoms with Gasteiger partial charge in [0.2, 0.25) is 0 Å². The van der Waals surface area contributed by atoms with Gasteiger partial charge in [0, 0.05) is 17.7 Å². The maximum absolute atomic E-state index is 10.8. The van der Waals surface area contributed by atoms with Gasteiger partial charge in [0.15, 0.2) is 5.76 Å². The van der Waals surface area contributed by atoms with Gasteiger partial charge >= 0.3 is 0 Å². The van der Waals surface area contributed by atoms with Crippen molar-refractivity contribution >= 4 is 5.69 Å². The summed E-state index contributed by atoms with van der Waals surface area (Å²) in [5.41, 5.74) is 3.58. The Morgan fingerprint density at radius 3 is 2.35 bits per heavy atom. The second-order valence-corrected chi connectivity index (χ2v) is 5.61. The van der Waals surface area contributed by atoms with Gasteiger partial charge in [-0.3, -0.25) is 10.1 Å². The number of non-ortho nitro benzene ring substituents is 1. The van der Waals surface area contributed by atoms with Crippen molar-refractivity contribution in [3.05, 3.63) is 70.5 Å². The molecule has 0 radical (unpaired) electrons. The minimum Gasteiger partial charge on any atom is -0.463 e. The zero-order chi connectivity index (χ0) is 16.4. The van der Waals surface area contributed by atoms with E-state index >= 15 is 0 Å². The third-order valence-corrected chi connectivity index (χ3v) is 3.66. The summed E-state index contributed by atoms with van der Waals surface area (Å²) in [6.45, 7) is 4.22. The molecule has 0 aliphatic heterocycles. The van der Waals surface area contributed by atoms with E-state index in [0.29, 0.717) is 11.7 Å². The third-order valence-electron chi connectivity index (χ3n) is 3.66. The molecule has 3 rings (SSSR count). The van der Waals surface area contributed by atoms with Crippen molar-refractivity contribution in [3.63, 3.8) is 0 Å². The zero-order valence-corrected chi connectivity index (χ0v) is 12.9. The molecule has 2 aromatic heterocycles. The predicted octanol–water partition coefficient (Wildman–Crippen LogP) is 5.04. The largest absolute Gasteiger partial charge is 0.463 e. The van der Waals surface area contributed by atoms with Crippen LogP contribution in [0.4, 0.5) is 5.69 Å². The topological polar surface area (TPSA) is 69.2 Å². The summed E-state index contributed by atoms with van der Waals surface area (Å²) in [6, 6.07) is 14.1. The molecule has 0 unspecified atom stereocenters. The maximum atomic E-state index is 10.8. The summed E-state index contributed by atoms with van der Waals surface area (Å²) in [4.78, 5) is 15.0. The van der Waals surface area contributed by atoms with Crippen LogP contribution in [0.1, 0.15) is 25.3 Å². The molecule has 0 aliphatic carbocycles. The molecule has 116 valence electrons. The highest BCUT2D eigenvalue weighted by Gasteiger charge is 2.12. The second kappa shape index (κ2) is 6.04. The average Bonchev–Trinajstić information content (AvgIpc) is 3.09. The van der Waals surface area contributed by atoms with E-state index in [1.165, 1.54) is 12.1 Å². The van der Waals surface area contributed by atoms with Gasteiger partial charge < -0.3 is 4.42 Å². The van der Waals surface area contributed by atoms with Crippen LogP contribution in [0.3, 0.4) is 0 Å². The molecule has 0 saturated carbocycles. The zero-order valence-electron chi connectivity index (χ0n) is 12.9. The number of aromatic nitrogens is 1. The molecule has 1 aromatic carbocycles. The van der Waals surface area contributed by atoms with Crippen molar-refractivity contribution in [1.29, 1.82) is 0 Å². The van der Waals surface area contributed by atoms with E-state index in [0.717, 1.165) is 22.5 Å². The number of hydrogen-bond acceptors (Lipinski definition) is 4. The first-order valence-electron chi connectivity index (χ1n) is 7.35. The molecule has 0 fully saturated rings. The molecule has 0 saturated heterocycles. The second-order valence-electron chi connectivity index (χ2n) is 5.61. The van der Waals surface area contributed by atoms with Crippen LogP contribution in [-0.4, -0.2) is 9.91 Å². The number of nitrogens with zero attached hydrogens (tertiary/aromatic N) is 2. The van der Waals surface area contributed by atoms with Crippen LogP contribution in [0, 0.1) is 10.1 Å². The molecule has 0 spiro atoms. The van der Waals surface area contributed by atoms with Crippen LogP contribution in [0.5, 0.6) is 0 Å². The van der Waals surface area contributed by atoms with E-state index < -0.39 is 4.92 Å². The standard InChI is InChI=1S/C18H16N2O3/c1-12(2)14-10-16(13-5-7-15(8-6-13)20(21)22)19-17(11-14)18-4-3-9-23-18/h3-12H,1-2H3. The summed E-state index contributed by atoms with van der Waals surface area (Å²) in [5, 5.41) is 10.8. The summed E-state index contributed by atoms with van der Waals surface area (Å²) in [7, 11) is 0. The Balaban J connectivity index is 2.09. The summed E-state index contributed by atoms with van der Waals surface area (Å²) >= 11 is 0. The van der Waals surface area contributed by atoms with Crippen LogP contribution < -0.4 is 0 Å². The summed E-state index contributed by atoms with van der Waals surface area (Å²) < 4.78 is 5.44. The number of furan rings is 1.